The second-order valence-corrected chi connectivity index (χ2v) is 3.18. The molecule has 0 unspecified atom stereocenters. The lowest BCUT2D eigenvalue weighted by molar-refractivity contribution is 0.154. The van der Waals surface area contributed by atoms with E-state index in [1.165, 1.54) is 0 Å². The van der Waals surface area contributed by atoms with Gasteiger partial charge in [-0.3, -0.25) is 0 Å². The molecule has 0 fully saturated rings. The minimum atomic E-state index is 0.579. The highest BCUT2D eigenvalue weighted by atomic mass is 16.5. The van der Waals surface area contributed by atoms with Crippen molar-refractivity contribution in [2.24, 2.45) is 0 Å². The summed E-state index contributed by atoms with van der Waals surface area (Å²) < 4.78 is 5.32. The van der Waals surface area contributed by atoms with E-state index in [-0.39, 0.29) is 0 Å². The van der Waals surface area contributed by atoms with Crippen LogP contribution >= 0.6 is 0 Å². The molecule has 84 valence electrons. The van der Waals surface area contributed by atoms with Crippen LogP contribution in [0.25, 0.3) is 0 Å². The first-order chi connectivity index (χ1) is 7.29. The molecule has 2 N–H and O–H groups in total. The third-order valence-corrected chi connectivity index (χ3v) is 2.25. The smallest absolute Gasteiger partial charge is 0.146 e. The summed E-state index contributed by atoms with van der Waals surface area (Å²) in [6.07, 6.45) is 1.70. The van der Waals surface area contributed by atoms with E-state index in [4.69, 9.17) is 10.5 Å². The molecule has 15 heavy (non-hydrogen) atoms. The van der Waals surface area contributed by atoms with Crippen molar-refractivity contribution in [2.75, 3.05) is 36.9 Å². The van der Waals surface area contributed by atoms with Crippen LogP contribution in [0.1, 0.15) is 13.8 Å². The quantitative estimate of drug-likeness (QED) is 0.722. The molecule has 1 heterocycles. The Morgan fingerprint density at radius 2 is 2.27 bits per heavy atom. The first-order valence-electron chi connectivity index (χ1n) is 5.32. The van der Waals surface area contributed by atoms with Gasteiger partial charge in [0.05, 0.1) is 12.3 Å². The molecule has 0 aromatic carbocycles. The highest BCUT2D eigenvalue weighted by molar-refractivity contribution is 5.62. The van der Waals surface area contributed by atoms with Gasteiger partial charge >= 0.3 is 0 Å². The van der Waals surface area contributed by atoms with Crippen molar-refractivity contribution in [1.29, 1.82) is 0 Å². The Labute approximate surface area is 91.1 Å². The van der Waals surface area contributed by atoms with Gasteiger partial charge < -0.3 is 15.4 Å². The Hall–Kier alpha value is -1.29. The van der Waals surface area contributed by atoms with E-state index in [1.54, 1.807) is 6.20 Å². The summed E-state index contributed by atoms with van der Waals surface area (Å²) in [6.45, 7) is 7.31. The number of nitrogen functional groups attached to an aromatic ring is 1. The number of nitrogens with zero attached hydrogens (tertiary/aromatic N) is 2. The number of hydrogen-bond acceptors (Lipinski definition) is 4. The van der Waals surface area contributed by atoms with Gasteiger partial charge in [-0.1, -0.05) is 0 Å². The molecule has 0 saturated heterocycles. The van der Waals surface area contributed by atoms with Crippen LogP contribution < -0.4 is 10.6 Å². The number of pyridine rings is 1. The standard InChI is InChI=1S/C11H19N3O/c1-3-14(8-9-15-4-2)10-6-5-7-13-11(10)12/h5-7H,3-4,8-9H2,1-2H3,(H2,12,13). The minimum Gasteiger partial charge on any atom is -0.382 e. The molecule has 0 aliphatic carbocycles. The van der Waals surface area contributed by atoms with E-state index in [9.17, 15) is 0 Å². The van der Waals surface area contributed by atoms with Gasteiger partial charge in [0, 0.05) is 25.9 Å². The molecular weight excluding hydrogens is 190 g/mol. The molecule has 0 aliphatic heterocycles. The van der Waals surface area contributed by atoms with Gasteiger partial charge in [-0.05, 0) is 26.0 Å². The largest absolute Gasteiger partial charge is 0.382 e. The van der Waals surface area contributed by atoms with Gasteiger partial charge in [0.15, 0.2) is 0 Å². The van der Waals surface area contributed by atoms with Gasteiger partial charge in [-0.2, -0.15) is 0 Å². The predicted octanol–water partition coefficient (Wildman–Crippen LogP) is 1.53. The molecular formula is C11H19N3O. The van der Waals surface area contributed by atoms with Crippen molar-refractivity contribution in [2.45, 2.75) is 13.8 Å². The van der Waals surface area contributed by atoms with Crippen LogP contribution in [-0.4, -0.2) is 31.3 Å². The molecule has 0 bridgehead atoms. The molecule has 1 aromatic heterocycles. The Kier molecular flexibility index (Phi) is 4.90. The Morgan fingerprint density at radius 3 is 2.87 bits per heavy atom. The summed E-state index contributed by atoms with van der Waals surface area (Å²) in [5, 5.41) is 0. The molecule has 0 amide bonds. The zero-order valence-electron chi connectivity index (χ0n) is 9.44. The van der Waals surface area contributed by atoms with Crippen molar-refractivity contribution in [1.82, 2.24) is 4.98 Å². The average molecular weight is 209 g/mol. The summed E-state index contributed by atoms with van der Waals surface area (Å²) in [7, 11) is 0. The number of nitrogens with two attached hydrogens (primary N) is 1. The molecule has 0 atom stereocenters. The van der Waals surface area contributed by atoms with E-state index < -0.39 is 0 Å². The summed E-state index contributed by atoms with van der Waals surface area (Å²) in [4.78, 5) is 6.24. The zero-order valence-corrected chi connectivity index (χ0v) is 9.44. The molecule has 0 spiro atoms. The maximum atomic E-state index is 5.81. The van der Waals surface area contributed by atoms with Crippen molar-refractivity contribution < 1.29 is 4.74 Å². The van der Waals surface area contributed by atoms with Gasteiger partial charge in [0.25, 0.3) is 0 Å². The van der Waals surface area contributed by atoms with Crippen LogP contribution in [0.5, 0.6) is 0 Å². The van der Waals surface area contributed by atoms with E-state index in [0.717, 1.165) is 32.0 Å². The third-order valence-electron chi connectivity index (χ3n) is 2.25. The molecule has 1 rings (SSSR count). The number of aromatic nitrogens is 1. The Balaban J connectivity index is 2.61. The molecule has 4 heteroatoms. The SMILES string of the molecule is CCOCCN(CC)c1cccnc1N. The van der Waals surface area contributed by atoms with Crippen LogP contribution in [-0.2, 0) is 4.74 Å². The fraction of sp³-hybridized carbons (Fsp3) is 0.545. The van der Waals surface area contributed by atoms with E-state index in [1.807, 2.05) is 19.1 Å². The maximum absolute atomic E-state index is 5.81. The van der Waals surface area contributed by atoms with Gasteiger partial charge in [0.1, 0.15) is 5.82 Å². The molecule has 0 radical (unpaired) electrons. The van der Waals surface area contributed by atoms with Crippen molar-refractivity contribution in [3.05, 3.63) is 18.3 Å². The second kappa shape index (κ2) is 6.24. The van der Waals surface area contributed by atoms with Gasteiger partial charge in [0.2, 0.25) is 0 Å². The Bertz CT molecular complexity index is 291. The number of anilines is 2. The van der Waals surface area contributed by atoms with Crippen LogP contribution in [0.2, 0.25) is 0 Å². The van der Waals surface area contributed by atoms with Crippen molar-refractivity contribution >= 4 is 11.5 Å². The summed E-state index contributed by atoms with van der Waals surface area (Å²) in [5.74, 6) is 0.579. The summed E-state index contributed by atoms with van der Waals surface area (Å²) in [6, 6.07) is 3.88. The predicted molar refractivity (Wildman–Crippen MR) is 63.0 cm³/mol. The Morgan fingerprint density at radius 1 is 1.47 bits per heavy atom. The summed E-state index contributed by atoms with van der Waals surface area (Å²) >= 11 is 0. The van der Waals surface area contributed by atoms with Crippen LogP contribution in [0, 0.1) is 0 Å². The van der Waals surface area contributed by atoms with Crippen LogP contribution in [0.3, 0.4) is 0 Å². The molecule has 0 saturated carbocycles. The molecule has 4 nitrogen and oxygen atoms in total. The lowest BCUT2D eigenvalue weighted by Crippen LogP contribution is -2.28. The van der Waals surface area contributed by atoms with Crippen molar-refractivity contribution in [3.8, 4) is 0 Å². The van der Waals surface area contributed by atoms with Gasteiger partial charge in [-0.25, -0.2) is 4.98 Å². The monoisotopic (exact) mass is 209 g/mol. The lowest BCUT2D eigenvalue weighted by Gasteiger charge is -2.23. The van der Waals surface area contributed by atoms with Gasteiger partial charge in [-0.15, -0.1) is 0 Å². The zero-order chi connectivity index (χ0) is 11.1. The number of rotatable bonds is 6. The first kappa shape index (κ1) is 11.8. The minimum absolute atomic E-state index is 0.579. The van der Waals surface area contributed by atoms with Crippen LogP contribution in [0.4, 0.5) is 11.5 Å². The average Bonchev–Trinajstić information content (AvgIpc) is 2.26. The number of hydrogen-bond donors (Lipinski definition) is 1. The normalized spacial score (nSPS) is 10.3. The fourth-order valence-electron chi connectivity index (χ4n) is 1.44. The number of likely N-dealkylation sites (N-methyl/N-ethyl adjacent to an activating group) is 1. The highest BCUT2D eigenvalue weighted by Gasteiger charge is 2.07. The highest BCUT2D eigenvalue weighted by Crippen LogP contribution is 2.19. The van der Waals surface area contributed by atoms with E-state index in [2.05, 4.69) is 16.8 Å². The summed E-state index contributed by atoms with van der Waals surface area (Å²) in [5.41, 5.74) is 6.79. The fourth-order valence-corrected chi connectivity index (χ4v) is 1.44. The maximum Gasteiger partial charge on any atom is 0.146 e. The molecule has 1 aromatic rings. The third kappa shape index (κ3) is 3.40. The first-order valence-corrected chi connectivity index (χ1v) is 5.32. The topological polar surface area (TPSA) is 51.4 Å². The number of ether oxygens (including phenoxy) is 1. The lowest BCUT2D eigenvalue weighted by atomic mass is 10.3. The van der Waals surface area contributed by atoms with Crippen LogP contribution in [0.15, 0.2) is 18.3 Å². The van der Waals surface area contributed by atoms with Crippen molar-refractivity contribution in [3.63, 3.8) is 0 Å². The van der Waals surface area contributed by atoms with E-state index in [0.29, 0.717) is 5.82 Å². The second-order valence-electron chi connectivity index (χ2n) is 3.18. The van der Waals surface area contributed by atoms with E-state index >= 15 is 0 Å². The molecule has 0 aliphatic rings.